The Labute approximate surface area is 123 Å². The summed E-state index contributed by atoms with van der Waals surface area (Å²) < 4.78 is 36.6. The summed E-state index contributed by atoms with van der Waals surface area (Å²) in [5.74, 6) is 0.607. The molecule has 1 aromatic carbocycles. The number of halogens is 2. The second-order valence-corrected chi connectivity index (χ2v) is 8.33. The van der Waals surface area contributed by atoms with Crippen molar-refractivity contribution in [3.63, 3.8) is 0 Å². The number of nitrogens with zero attached hydrogens (tertiary/aromatic N) is 1. The molecule has 1 atom stereocenters. The standard InChI is InChI=1S/C14H17ClFNO2S/c15-20(18,19)14-2-1-13(16)8-11(14)7-12-9-17-5-3-10(12)4-6-17/h1-2,8,10,12H,3-7,9H2. The molecule has 110 valence electrons. The summed E-state index contributed by atoms with van der Waals surface area (Å²) in [5.41, 5.74) is 0.513. The summed E-state index contributed by atoms with van der Waals surface area (Å²) in [5, 5.41) is 0. The van der Waals surface area contributed by atoms with Crippen LogP contribution in [0, 0.1) is 17.7 Å². The molecule has 1 unspecified atom stereocenters. The molecule has 3 aliphatic heterocycles. The number of rotatable bonds is 3. The second-order valence-electron chi connectivity index (χ2n) is 5.79. The summed E-state index contributed by atoms with van der Waals surface area (Å²) in [7, 11) is 1.63. The average Bonchev–Trinajstić information content (AvgIpc) is 2.38. The fourth-order valence-corrected chi connectivity index (χ4v) is 4.68. The van der Waals surface area contributed by atoms with Crippen molar-refractivity contribution in [1.29, 1.82) is 0 Å². The first-order valence-electron chi connectivity index (χ1n) is 6.89. The Kier molecular flexibility index (Phi) is 3.77. The molecule has 3 aliphatic rings. The van der Waals surface area contributed by atoms with E-state index in [-0.39, 0.29) is 4.90 Å². The second kappa shape index (κ2) is 5.28. The van der Waals surface area contributed by atoms with Crippen LogP contribution in [0.4, 0.5) is 4.39 Å². The molecule has 0 N–H and O–H groups in total. The maximum Gasteiger partial charge on any atom is 0.261 e. The third-order valence-corrected chi connectivity index (χ3v) is 5.98. The van der Waals surface area contributed by atoms with Crippen molar-refractivity contribution in [1.82, 2.24) is 4.90 Å². The van der Waals surface area contributed by atoms with E-state index >= 15 is 0 Å². The fraction of sp³-hybridized carbons (Fsp3) is 0.571. The van der Waals surface area contributed by atoms with Crippen molar-refractivity contribution in [2.45, 2.75) is 24.2 Å². The lowest BCUT2D eigenvalue weighted by atomic mass is 9.76. The van der Waals surface area contributed by atoms with Crippen molar-refractivity contribution in [3.05, 3.63) is 29.6 Å². The zero-order chi connectivity index (χ0) is 14.3. The van der Waals surface area contributed by atoms with Crippen molar-refractivity contribution < 1.29 is 12.8 Å². The van der Waals surface area contributed by atoms with Crippen LogP contribution in [-0.4, -0.2) is 33.0 Å². The SMILES string of the molecule is O=S(=O)(Cl)c1ccc(F)cc1CC1CN2CCC1CC2. The Morgan fingerprint density at radius 3 is 2.55 bits per heavy atom. The summed E-state index contributed by atoms with van der Waals surface area (Å²) in [6.45, 7) is 3.24. The maximum atomic E-state index is 13.4. The van der Waals surface area contributed by atoms with Gasteiger partial charge in [-0.05, 0) is 68.0 Å². The molecule has 6 heteroatoms. The van der Waals surface area contributed by atoms with Gasteiger partial charge in [-0.1, -0.05) is 0 Å². The van der Waals surface area contributed by atoms with E-state index in [1.54, 1.807) is 0 Å². The van der Waals surface area contributed by atoms with Gasteiger partial charge in [0.15, 0.2) is 0 Å². The normalized spacial score (nSPS) is 29.6. The summed E-state index contributed by atoms with van der Waals surface area (Å²) in [6, 6.07) is 3.73. The van der Waals surface area contributed by atoms with Crippen LogP contribution in [0.1, 0.15) is 18.4 Å². The lowest BCUT2D eigenvalue weighted by Gasteiger charge is -2.45. The molecule has 2 bridgehead atoms. The molecule has 0 aromatic heterocycles. The molecule has 20 heavy (non-hydrogen) atoms. The largest absolute Gasteiger partial charge is 0.303 e. The van der Waals surface area contributed by atoms with E-state index in [1.165, 1.54) is 12.1 Å². The van der Waals surface area contributed by atoms with Crippen LogP contribution in [0.25, 0.3) is 0 Å². The zero-order valence-corrected chi connectivity index (χ0v) is 12.6. The van der Waals surface area contributed by atoms with Gasteiger partial charge in [0.2, 0.25) is 0 Å². The topological polar surface area (TPSA) is 37.4 Å². The molecule has 3 heterocycles. The number of benzene rings is 1. The number of hydrogen-bond acceptors (Lipinski definition) is 3. The zero-order valence-electron chi connectivity index (χ0n) is 11.1. The lowest BCUT2D eigenvalue weighted by Crippen LogP contribution is -2.48. The highest BCUT2D eigenvalue weighted by Gasteiger charge is 2.34. The Morgan fingerprint density at radius 2 is 2.00 bits per heavy atom. The van der Waals surface area contributed by atoms with Crippen LogP contribution in [0.15, 0.2) is 23.1 Å². The molecule has 4 rings (SSSR count). The van der Waals surface area contributed by atoms with Gasteiger partial charge in [0.25, 0.3) is 9.05 Å². The average molecular weight is 318 g/mol. The maximum absolute atomic E-state index is 13.4. The van der Waals surface area contributed by atoms with E-state index in [2.05, 4.69) is 4.90 Å². The molecule has 3 nitrogen and oxygen atoms in total. The number of fused-ring (bicyclic) bond motifs is 3. The summed E-state index contributed by atoms with van der Waals surface area (Å²) >= 11 is 0. The third-order valence-electron chi connectivity index (χ3n) is 4.56. The Balaban J connectivity index is 1.89. The highest BCUT2D eigenvalue weighted by Crippen LogP contribution is 2.35. The smallest absolute Gasteiger partial charge is 0.261 e. The highest BCUT2D eigenvalue weighted by molar-refractivity contribution is 8.13. The molecule has 0 saturated carbocycles. The van der Waals surface area contributed by atoms with Gasteiger partial charge in [0.1, 0.15) is 5.82 Å². The van der Waals surface area contributed by atoms with E-state index in [4.69, 9.17) is 10.7 Å². The van der Waals surface area contributed by atoms with Crippen LogP contribution in [0.2, 0.25) is 0 Å². The van der Waals surface area contributed by atoms with Gasteiger partial charge in [0.05, 0.1) is 4.90 Å². The number of piperidine rings is 3. The van der Waals surface area contributed by atoms with Gasteiger partial charge in [-0.2, -0.15) is 0 Å². The minimum atomic E-state index is -3.82. The van der Waals surface area contributed by atoms with Crippen LogP contribution in [0.5, 0.6) is 0 Å². The molecule has 0 amide bonds. The Morgan fingerprint density at radius 1 is 1.30 bits per heavy atom. The molecular weight excluding hydrogens is 301 g/mol. The van der Waals surface area contributed by atoms with E-state index < -0.39 is 14.9 Å². The quantitative estimate of drug-likeness (QED) is 0.804. The van der Waals surface area contributed by atoms with Gasteiger partial charge in [0, 0.05) is 17.2 Å². The van der Waals surface area contributed by atoms with Crippen LogP contribution in [0.3, 0.4) is 0 Å². The van der Waals surface area contributed by atoms with E-state index in [9.17, 15) is 12.8 Å². The van der Waals surface area contributed by atoms with Crippen molar-refractivity contribution in [2.24, 2.45) is 11.8 Å². The summed E-state index contributed by atoms with van der Waals surface area (Å²) in [4.78, 5) is 2.45. The van der Waals surface area contributed by atoms with Gasteiger partial charge < -0.3 is 4.90 Å². The van der Waals surface area contributed by atoms with Gasteiger partial charge in [-0.25, -0.2) is 12.8 Å². The molecule has 3 saturated heterocycles. The first kappa shape index (κ1) is 14.3. The lowest BCUT2D eigenvalue weighted by molar-refractivity contribution is 0.0509. The third kappa shape index (κ3) is 2.85. The first-order valence-corrected chi connectivity index (χ1v) is 9.20. The van der Waals surface area contributed by atoms with Crippen molar-refractivity contribution in [3.8, 4) is 0 Å². The van der Waals surface area contributed by atoms with Gasteiger partial charge >= 0.3 is 0 Å². The summed E-state index contributed by atoms with van der Waals surface area (Å²) in [6.07, 6.45) is 2.89. The molecule has 0 radical (unpaired) electrons. The highest BCUT2D eigenvalue weighted by atomic mass is 35.7. The predicted octanol–water partition coefficient (Wildman–Crippen LogP) is 2.64. The molecule has 3 fully saturated rings. The molecular formula is C14H17ClFNO2S. The fourth-order valence-electron chi connectivity index (χ4n) is 3.55. The molecule has 0 spiro atoms. The monoisotopic (exact) mass is 317 g/mol. The first-order chi connectivity index (χ1) is 9.43. The molecule has 0 aliphatic carbocycles. The van der Waals surface area contributed by atoms with E-state index in [0.29, 0.717) is 23.8 Å². The van der Waals surface area contributed by atoms with Crippen LogP contribution in [-0.2, 0) is 15.5 Å². The van der Waals surface area contributed by atoms with Crippen molar-refractivity contribution >= 4 is 19.7 Å². The van der Waals surface area contributed by atoms with E-state index in [1.807, 2.05) is 0 Å². The minimum absolute atomic E-state index is 0.0528. The Hall–Kier alpha value is -0.650. The molecule has 1 aromatic rings. The van der Waals surface area contributed by atoms with Crippen LogP contribution < -0.4 is 0 Å². The Bertz CT molecular complexity index is 612. The van der Waals surface area contributed by atoms with E-state index in [0.717, 1.165) is 38.5 Å². The number of hydrogen-bond donors (Lipinski definition) is 0. The van der Waals surface area contributed by atoms with Gasteiger partial charge in [-0.15, -0.1) is 0 Å². The van der Waals surface area contributed by atoms with Crippen LogP contribution >= 0.6 is 10.7 Å². The van der Waals surface area contributed by atoms with Crippen molar-refractivity contribution in [2.75, 3.05) is 19.6 Å². The predicted molar refractivity (Wildman–Crippen MR) is 75.8 cm³/mol. The minimum Gasteiger partial charge on any atom is -0.303 e. The van der Waals surface area contributed by atoms with Gasteiger partial charge in [-0.3, -0.25) is 0 Å².